The first-order valence-electron chi connectivity index (χ1n) is 6.13. The molecular weight excluding hydrogens is 282 g/mol. The summed E-state index contributed by atoms with van der Waals surface area (Å²) < 4.78 is 10.9. The van der Waals surface area contributed by atoms with Gasteiger partial charge >= 0.3 is 0 Å². The lowest BCUT2D eigenvalue weighted by Gasteiger charge is -2.16. The minimum absolute atomic E-state index is 0. The maximum absolute atomic E-state index is 5.38. The number of benzene rings is 1. The van der Waals surface area contributed by atoms with Crippen molar-refractivity contribution >= 4 is 11.8 Å². The topological polar surface area (TPSA) is 35.1 Å². The molecule has 0 unspecified atom stereocenters. The van der Waals surface area contributed by atoms with Gasteiger partial charge in [-0.1, -0.05) is 32.5 Å². The first kappa shape index (κ1) is 18.4. The smallest absolute Gasteiger partial charge is 0.131 e. The fourth-order valence-corrected chi connectivity index (χ4v) is 2.28. The van der Waals surface area contributed by atoms with Crippen molar-refractivity contribution in [1.82, 2.24) is 0 Å². The molecule has 0 spiro atoms. The number of nitrogens with two attached hydrogens (primary N) is 1. The Labute approximate surface area is 126 Å². The average molecular weight is 306 g/mol. The second-order valence-corrected chi connectivity index (χ2v) is 6.94. The van der Waals surface area contributed by atoms with E-state index in [4.69, 9.17) is 9.47 Å². The van der Waals surface area contributed by atoms with E-state index < -0.39 is 0 Å². The van der Waals surface area contributed by atoms with Gasteiger partial charge in [0.15, 0.2) is 0 Å². The van der Waals surface area contributed by atoms with Crippen LogP contribution in [0.3, 0.4) is 0 Å². The standard InChI is InChI=1S/C14H23NO2S.ClH/c1-14(2,3)18-10-15-9-11-6-7-12(16-4)8-13(11)17-5;/h6-8,15H,9-10H2,1-5H3;1H. The Kier molecular flexibility index (Phi) is 8.30. The van der Waals surface area contributed by atoms with E-state index in [-0.39, 0.29) is 12.4 Å². The fourth-order valence-electron chi connectivity index (χ4n) is 1.54. The minimum Gasteiger partial charge on any atom is -1.00 e. The molecule has 0 bridgehead atoms. The first-order chi connectivity index (χ1) is 8.46. The molecule has 0 saturated carbocycles. The van der Waals surface area contributed by atoms with Crippen LogP contribution < -0.4 is 27.2 Å². The highest BCUT2D eigenvalue weighted by atomic mass is 35.5. The van der Waals surface area contributed by atoms with Gasteiger partial charge in [-0.3, -0.25) is 0 Å². The lowest BCUT2D eigenvalue weighted by Crippen LogP contribution is -3.00. The number of methoxy groups -OCH3 is 2. The Morgan fingerprint density at radius 1 is 1.16 bits per heavy atom. The molecule has 0 saturated heterocycles. The largest absolute Gasteiger partial charge is 1.00 e. The summed E-state index contributed by atoms with van der Waals surface area (Å²) in [6.07, 6.45) is 0. The zero-order valence-electron chi connectivity index (χ0n) is 12.3. The second-order valence-electron chi connectivity index (χ2n) is 5.09. The fraction of sp³-hybridized carbons (Fsp3) is 0.571. The molecule has 0 aliphatic heterocycles. The maximum atomic E-state index is 5.38. The van der Waals surface area contributed by atoms with Gasteiger partial charge in [0.2, 0.25) is 0 Å². The van der Waals surface area contributed by atoms with Gasteiger partial charge in [-0.15, -0.1) is 0 Å². The molecule has 0 fully saturated rings. The summed E-state index contributed by atoms with van der Waals surface area (Å²) in [5.41, 5.74) is 1.20. The van der Waals surface area contributed by atoms with Gasteiger partial charge in [0, 0.05) is 16.4 Å². The van der Waals surface area contributed by atoms with Crippen LogP contribution in [0.1, 0.15) is 26.3 Å². The van der Waals surface area contributed by atoms with E-state index in [0.29, 0.717) is 4.75 Å². The monoisotopic (exact) mass is 305 g/mol. The molecule has 0 aliphatic rings. The zero-order chi connectivity index (χ0) is 13.6. The summed E-state index contributed by atoms with van der Waals surface area (Å²) in [5, 5.41) is 2.29. The molecule has 0 aliphatic carbocycles. The highest BCUT2D eigenvalue weighted by Gasteiger charge is 2.12. The molecule has 19 heavy (non-hydrogen) atoms. The van der Waals surface area contributed by atoms with Gasteiger partial charge in [0.05, 0.1) is 14.2 Å². The van der Waals surface area contributed by atoms with Crippen LogP contribution in [0.15, 0.2) is 18.2 Å². The molecule has 0 aromatic heterocycles. The van der Waals surface area contributed by atoms with Crippen LogP contribution in [0.2, 0.25) is 0 Å². The molecule has 1 rings (SSSR count). The van der Waals surface area contributed by atoms with Crippen LogP contribution in [0.5, 0.6) is 11.5 Å². The van der Waals surface area contributed by atoms with Gasteiger partial charge in [0.1, 0.15) is 23.9 Å². The molecule has 0 atom stereocenters. The van der Waals surface area contributed by atoms with Crippen molar-refractivity contribution in [2.75, 3.05) is 20.1 Å². The first-order valence-corrected chi connectivity index (χ1v) is 7.11. The van der Waals surface area contributed by atoms with Crippen molar-refractivity contribution in [1.29, 1.82) is 0 Å². The van der Waals surface area contributed by atoms with Crippen molar-refractivity contribution in [3.8, 4) is 11.5 Å². The van der Waals surface area contributed by atoms with Crippen molar-refractivity contribution in [3.05, 3.63) is 23.8 Å². The van der Waals surface area contributed by atoms with E-state index in [1.54, 1.807) is 14.2 Å². The van der Waals surface area contributed by atoms with Crippen LogP contribution in [0.4, 0.5) is 0 Å². The molecule has 0 amide bonds. The second kappa shape index (κ2) is 8.56. The summed E-state index contributed by atoms with van der Waals surface area (Å²) >= 11 is 1.95. The van der Waals surface area contributed by atoms with E-state index >= 15 is 0 Å². The van der Waals surface area contributed by atoms with Gasteiger partial charge in [-0.05, 0) is 12.1 Å². The van der Waals surface area contributed by atoms with E-state index in [0.717, 1.165) is 23.9 Å². The average Bonchev–Trinajstić information content (AvgIpc) is 2.33. The molecule has 0 radical (unpaired) electrons. The van der Waals surface area contributed by atoms with Crippen molar-refractivity contribution < 1.29 is 27.2 Å². The minimum atomic E-state index is 0. The lowest BCUT2D eigenvalue weighted by atomic mass is 10.2. The van der Waals surface area contributed by atoms with Crippen LogP contribution in [-0.4, -0.2) is 24.8 Å². The van der Waals surface area contributed by atoms with Crippen LogP contribution in [0, 0.1) is 0 Å². The third-order valence-electron chi connectivity index (χ3n) is 2.49. The zero-order valence-corrected chi connectivity index (χ0v) is 13.9. The lowest BCUT2D eigenvalue weighted by molar-refractivity contribution is -0.652. The number of halogens is 1. The molecule has 0 heterocycles. The third-order valence-corrected chi connectivity index (χ3v) is 3.76. The summed E-state index contributed by atoms with van der Waals surface area (Å²) in [4.78, 5) is 0. The SMILES string of the molecule is COc1ccc(C[NH2+]CSC(C)(C)C)c(OC)c1.[Cl-]. The highest BCUT2D eigenvalue weighted by molar-refractivity contribution is 8.00. The summed E-state index contributed by atoms with van der Waals surface area (Å²) in [7, 11) is 3.36. The van der Waals surface area contributed by atoms with Gasteiger partial charge in [-0.25, -0.2) is 0 Å². The van der Waals surface area contributed by atoms with E-state index in [1.165, 1.54) is 5.56 Å². The predicted octanol–water partition coefficient (Wildman–Crippen LogP) is -0.740. The molecule has 1 aromatic carbocycles. The Morgan fingerprint density at radius 3 is 2.37 bits per heavy atom. The highest BCUT2D eigenvalue weighted by Crippen LogP contribution is 2.24. The molecular formula is C14H24ClNO2S. The van der Waals surface area contributed by atoms with E-state index in [1.807, 2.05) is 23.9 Å². The number of hydrogen-bond donors (Lipinski definition) is 1. The number of rotatable bonds is 6. The van der Waals surface area contributed by atoms with Gasteiger partial charge in [0.25, 0.3) is 0 Å². The number of ether oxygens (including phenoxy) is 2. The quantitative estimate of drug-likeness (QED) is 0.555. The van der Waals surface area contributed by atoms with E-state index in [2.05, 4.69) is 32.2 Å². The van der Waals surface area contributed by atoms with E-state index in [9.17, 15) is 0 Å². The van der Waals surface area contributed by atoms with Crippen LogP contribution in [0.25, 0.3) is 0 Å². The summed E-state index contributed by atoms with van der Waals surface area (Å²) in [5.74, 6) is 2.78. The Hall–Kier alpha value is -0.580. The van der Waals surface area contributed by atoms with Gasteiger partial charge in [-0.2, -0.15) is 0 Å². The maximum Gasteiger partial charge on any atom is 0.131 e. The molecule has 2 N–H and O–H groups in total. The number of hydrogen-bond acceptors (Lipinski definition) is 3. The normalized spacial score (nSPS) is 10.8. The molecule has 1 aromatic rings. The van der Waals surface area contributed by atoms with Crippen molar-refractivity contribution in [3.63, 3.8) is 0 Å². The Balaban J connectivity index is 0.00000324. The molecule has 3 nitrogen and oxygen atoms in total. The number of quaternary nitrogens is 1. The van der Waals surface area contributed by atoms with Crippen molar-refractivity contribution in [2.24, 2.45) is 0 Å². The summed E-state index contributed by atoms with van der Waals surface area (Å²) in [6.45, 7) is 7.63. The Bertz CT molecular complexity index is 380. The predicted molar refractivity (Wildman–Crippen MR) is 77.4 cm³/mol. The van der Waals surface area contributed by atoms with Crippen LogP contribution >= 0.6 is 11.8 Å². The Morgan fingerprint density at radius 2 is 1.84 bits per heavy atom. The van der Waals surface area contributed by atoms with Crippen LogP contribution in [-0.2, 0) is 6.54 Å². The van der Waals surface area contributed by atoms with Crippen molar-refractivity contribution in [2.45, 2.75) is 32.1 Å². The third kappa shape index (κ3) is 6.95. The summed E-state index contributed by atoms with van der Waals surface area (Å²) in [6, 6.07) is 5.97. The number of thioether (sulfide) groups is 1. The molecule has 110 valence electrons. The molecule has 5 heteroatoms. The van der Waals surface area contributed by atoms with Gasteiger partial charge < -0.3 is 27.2 Å².